The number of pyridine rings is 1. The third kappa shape index (κ3) is 4.21. The van der Waals surface area contributed by atoms with Crippen LogP contribution in [0.25, 0.3) is 5.82 Å². The van der Waals surface area contributed by atoms with Crippen LogP contribution in [-0.4, -0.2) is 58.3 Å². The topological polar surface area (TPSA) is 89.3 Å². The summed E-state index contributed by atoms with van der Waals surface area (Å²) in [5, 5.41) is 7.04. The van der Waals surface area contributed by atoms with Crippen LogP contribution in [0.5, 0.6) is 0 Å². The zero-order valence-corrected chi connectivity index (χ0v) is 14.1. The number of rotatable bonds is 7. The standard InChI is InChI=1S/C17H21N5O3/c1-25-8-7-21-12-14(10-16(21)23)17(24)19-11-13-3-5-18-15(9-13)22-6-2-4-20-22/h2-6,9,14H,7-8,10-12H2,1H3,(H,19,24). The van der Waals surface area contributed by atoms with Crippen molar-refractivity contribution in [1.29, 1.82) is 0 Å². The molecule has 0 saturated carbocycles. The Hall–Kier alpha value is -2.74. The molecule has 25 heavy (non-hydrogen) atoms. The average Bonchev–Trinajstić information content (AvgIpc) is 3.28. The molecular weight excluding hydrogens is 322 g/mol. The molecule has 8 nitrogen and oxygen atoms in total. The van der Waals surface area contributed by atoms with Gasteiger partial charge in [0, 0.05) is 51.8 Å². The molecule has 3 heterocycles. The fraction of sp³-hybridized carbons (Fsp3) is 0.412. The highest BCUT2D eigenvalue weighted by atomic mass is 16.5. The zero-order valence-electron chi connectivity index (χ0n) is 14.1. The van der Waals surface area contributed by atoms with E-state index in [4.69, 9.17) is 4.74 Å². The van der Waals surface area contributed by atoms with Gasteiger partial charge in [-0.05, 0) is 23.8 Å². The zero-order chi connectivity index (χ0) is 17.6. The van der Waals surface area contributed by atoms with Crippen molar-refractivity contribution in [3.63, 3.8) is 0 Å². The van der Waals surface area contributed by atoms with Gasteiger partial charge in [-0.1, -0.05) is 0 Å². The van der Waals surface area contributed by atoms with Gasteiger partial charge in [0.15, 0.2) is 5.82 Å². The summed E-state index contributed by atoms with van der Waals surface area (Å²) >= 11 is 0. The first-order chi connectivity index (χ1) is 12.2. The quantitative estimate of drug-likeness (QED) is 0.785. The highest BCUT2D eigenvalue weighted by Gasteiger charge is 2.33. The number of methoxy groups -OCH3 is 1. The number of nitrogens with one attached hydrogen (secondary N) is 1. The summed E-state index contributed by atoms with van der Waals surface area (Å²) in [5.74, 6) is 0.281. The van der Waals surface area contributed by atoms with Crippen LogP contribution in [0.2, 0.25) is 0 Å². The van der Waals surface area contributed by atoms with Gasteiger partial charge in [-0.25, -0.2) is 9.67 Å². The van der Waals surface area contributed by atoms with Crippen molar-refractivity contribution >= 4 is 11.8 Å². The monoisotopic (exact) mass is 343 g/mol. The van der Waals surface area contributed by atoms with Gasteiger partial charge in [0.05, 0.1) is 12.5 Å². The molecule has 2 aromatic heterocycles. The van der Waals surface area contributed by atoms with Gasteiger partial charge in [0.25, 0.3) is 0 Å². The second-order valence-electron chi connectivity index (χ2n) is 5.92. The molecule has 132 valence electrons. The second kappa shape index (κ2) is 7.89. The van der Waals surface area contributed by atoms with E-state index in [1.165, 1.54) is 0 Å². The summed E-state index contributed by atoms with van der Waals surface area (Å²) in [5.41, 5.74) is 0.925. The first kappa shape index (κ1) is 17.1. The number of nitrogens with zero attached hydrogens (tertiary/aromatic N) is 4. The maximum absolute atomic E-state index is 12.3. The number of aromatic nitrogens is 3. The lowest BCUT2D eigenvalue weighted by Crippen LogP contribution is -2.33. The van der Waals surface area contributed by atoms with Crippen LogP contribution in [0, 0.1) is 5.92 Å². The summed E-state index contributed by atoms with van der Waals surface area (Å²) in [6, 6.07) is 5.54. The van der Waals surface area contributed by atoms with Crippen molar-refractivity contribution in [1.82, 2.24) is 25.0 Å². The van der Waals surface area contributed by atoms with Gasteiger partial charge >= 0.3 is 0 Å². The Morgan fingerprint density at radius 1 is 1.44 bits per heavy atom. The Labute approximate surface area is 145 Å². The number of carbonyl (C=O) groups is 2. The minimum atomic E-state index is -0.309. The molecule has 1 unspecified atom stereocenters. The molecule has 0 aromatic carbocycles. The van der Waals surface area contributed by atoms with E-state index in [1.54, 1.807) is 29.1 Å². The van der Waals surface area contributed by atoms with E-state index in [0.717, 1.165) is 5.56 Å². The SMILES string of the molecule is COCCN1CC(C(=O)NCc2ccnc(-n3cccn3)c2)CC1=O. The van der Waals surface area contributed by atoms with E-state index in [2.05, 4.69) is 15.4 Å². The Bertz CT molecular complexity index is 732. The van der Waals surface area contributed by atoms with E-state index in [9.17, 15) is 9.59 Å². The molecule has 1 N–H and O–H groups in total. The number of likely N-dealkylation sites (tertiary alicyclic amines) is 1. The molecule has 0 aliphatic carbocycles. The summed E-state index contributed by atoms with van der Waals surface area (Å²) in [6.45, 7) is 1.84. The van der Waals surface area contributed by atoms with E-state index in [1.807, 2.05) is 24.4 Å². The Morgan fingerprint density at radius 2 is 2.32 bits per heavy atom. The summed E-state index contributed by atoms with van der Waals surface area (Å²) in [7, 11) is 1.59. The van der Waals surface area contributed by atoms with Crippen LogP contribution in [0.15, 0.2) is 36.8 Å². The van der Waals surface area contributed by atoms with Gasteiger partial charge in [0.2, 0.25) is 11.8 Å². The van der Waals surface area contributed by atoms with Crippen molar-refractivity contribution in [2.24, 2.45) is 5.92 Å². The number of hydrogen-bond acceptors (Lipinski definition) is 5. The van der Waals surface area contributed by atoms with Crippen molar-refractivity contribution in [3.8, 4) is 5.82 Å². The highest BCUT2D eigenvalue weighted by molar-refractivity contribution is 5.89. The molecule has 1 fully saturated rings. The van der Waals surface area contributed by atoms with Crippen LogP contribution >= 0.6 is 0 Å². The van der Waals surface area contributed by atoms with Crippen LogP contribution in [-0.2, 0) is 20.9 Å². The van der Waals surface area contributed by atoms with Crippen molar-refractivity contribution < 1.29 is 14.3 Å². The Balaban J connectivity index is 1.54. The fourth-order valence-corrected chi connectivity index (χ4v) is 2.80. The Kier molecular flexibility index (Phi) is 5.39. The maximum Gasteiger partial charge on any atom is 0.225 e. The molecule has 2 amide bonds. The molecule has 1 aliphatic rings. The highest BCUT2D eigenvalue weighted by Crippen LogP contribution is 2.18. The molecule has 0 bridgehead atoms. The number of ether oxygens (including phenoxy) is 1. The van der Waals surface area contributed by atoms with Crippen molar-refractivity contribution in [3.05, 3.63) is 42.4 Å². The molecule has 1 saturated heterocycles. The smallest absolute Gasteiger partial charge is 0.225 e. The summed E-state index contributed by atoms with van der Waals surface area (Å²) in [4.78, 5) is 30.2. The van der Waals surface area contributed by atoms with E-state index < -0.39 is 0 Å². The average molecular weight is 343 g/mol. The third-order valence-electron chi connectivity index (χ3n) is 4.17. The normalized spacial score (nSPS) is 17.1. The third-order valence-corrected chi connectivity index (χ3v) is 4.17. The predicted octanol–water partition coefficient (Wildman–Crippen LogP) is 0.378. The first-order valence-corrected chi connectivity index (χ1v) is 8.16. The number of amides is 2. The lowest BCUT2D eigenvalue weighted by molar-refractivity contribution is -0.129. The molecule has 2 aromatic rings. The molecule has 3 rings (SSSR count). The molecule has 1 aliphatic heterocycles. The second-order valence-corrected chi connectivity index (χ2v) is 5.92. The van der Waals surface area contributed by atoms with Gasteiger partial charge < -0.3 is 15.0 Å². The van der Waals surface area contributed by atoms with E-state index >= 15 is 0 Å². The summed E-state index contributed by atoms with van der Waals surface area (Å²) in [6.07, 6.45) is 5.43. The minimum Gasteiger partial charge on any atom is -0.383 e. The maximum atomic E-state index is 12.3. The van der Waals surface area contributed by atoms with Crippen LogP contribution in [0.1, 0.15) is 12.0 Å². The lowest BCUT2D eigenvalue weighted by Gasteiger charge is -2.15. The first-order valence-electron chi connectivity index (χ1n) is 8.16. The van der Waals surface area contributed by atoms with Crippen molar-refractivity contribution in [2.75, 3.05) is 26.8 Å². The van der Waals surface area contributed by atoms with Crippen LogP contribution in [0.4, 0.5) is 0 Å². The molecule has 0 spiro atoms. The molecular formula is C17H21N5O3. The molecule has 0 radical (unpaired) electrons. The van der Waals surface area contributed by atoms with E-state index in [0.29, 0.717) is 32.1 Å². The summed E-state index contributed by atoms with van der Waals surface area (Å²) < 4.78 is 6.65. The number of carbonyl (C=O) groups excluding carboxylic acids is 2. The van der Waals surface area contributed by atoms with Gasteiger partial charge in [0.1, 0.15) is 0 Å². The minimum absolute atomic E-state index is 0.00193. The Morgan fingerprint density at radius 3 is 3.08 bits per heavy atom. The lowest BCUT2D eigenvalue weighted by atomic mass is 10.1. The van der Waals surface area contributed by atoms with Crippen molar-refractivity contribution in [2.45, 2.75) is 13.0 Å². The van der Waals surface area contributed by atoms with E-state index in [-0.39, 0.29) is 24.2 Å². The predicted molar refractivity (Wildman–Crippen MR) is 89.8 cm³/mol. The fourth-order valence-electron chi connectivity index (χ4n) is 2.80. The van der Waals surface area contributed by atoms with Gasteiger partial charge in [-0.3, -0.25) is 9.59 Å². The number of hydrogen-bond donors (Lipinski definition) is 1. The van der Waals surface area contributed by atoms with Crippen LogP contribution in [0.3, 0.4) is 0 Å². The largest absolute Gasteiger partial charge is 0.383 e. The van der Waals surface area contributed by atoms with Crippen LogP contribution < -0.4 is 5.32 Å². The van der Waals surface area contributed by atoms with Gasteiger partial charge in [-0.15, -0.1) is 0 Å². The molecule has 1 atom stereocenters. The van der Waals surface area contributed by atoms with Gasteiger partial charge in [-0.2, -0.15) is 5.10 Å². The molecule has 8 heteroatoms.